The largest absolute Gasteiger partial charge is 0.463 e. The summed E-state index contributed by atoms with van der Waals surface area (Å²) in [6.07, 6.45) is -6.77. The number of hydrogen-bond acceptors (Lipinski definition) is 12. The van der Waals surface area contributed by atoms with Gasteiger partial charge in [0.05, 0.1) is 4.90 Å². The Bertz CT molecular complexity index is 1160. The summed E-state index contributed by atoms with van der Waals surface area (Å²) in [5, 5.41) is 2.31. The first-order valence-electron chi connectivity index (χ1n) is 11.1. The van der Waals surface area contributed by atoms with Crippen LogP contribution >= 0.6 is 12.2 Å². The maximum absolute atomic E-state index is 12.6. The molecule has 5 atom stereocenters. The zero-order valence-corrected chi connectivity index (χ0v) is 22.8. The fourth-order valence-corrected chi connectivity index (χ4v) is 4.48. The number of sulfonamides is 1. The number of hydrogen-bond donors (Lipinski definition) is 3. The van der Waals surface area contributed by atoms with Gasteiger partial charge in [-0.2, -0.15) is 0 Å². The minimum absolute atomic E-state index is 0.0364. The molecule has 1 saturated heterocycles. The van der Waals surface area contributed by atoms with E-state index in [1.807, 2.05) is 0 Å². The number of rotatable bonds is 9. The van der Waals surface area contributed by atoms with Gasteiger partial charge in [0.1, 0.15) is 12.7 Å². The normalized spacial score (nSPS) is 22.9. The second-order valence-corrected chi connectivity index (χ2v) is 10.2. The van der Waals surface area contributed by atoms with Crippen LogP contribution in [0.15, 0.2) is 29.2 Å². The van der Waals surface area contributed by atoms with Crippen molar-refractivity contribution in [2.45, 2.75) is 70.2 Å². The van der Waals surface area contributed by atoms with Crippen molar-refractivity contribution in [2.75, 3.05) is 6.61 Å². The lowest BCUT2D eigenvalue weighted by Gasteiger charge is -2.44. The molecule has 14 nitrogen and oxygen atoms in total. The minimum atomic E-state index is -4.02. The molecule has 0 spiro atoms. The Balaban J connectivity index is 2.30. The fourth-order valence-electron chi connectivity index (χ4n) is 3.40. The van der Waals surface area contributed by atoms with Crippen molar-refractivity contribution >= 4 is 51.2 Å². The molecule has 38 heavy (non-hydrogen) atoms. The lowest BCUT2D eigenvalue weighted by atomic mass is 9.97. The van der Waals surface area contributed by atoms with E-state index in [-0.39, 0.29) is 10.0 Å². The van der Waals surface area contributed by atoms with Gasteiger partial charge in [-0.25, -0.2) is 8.42 Å². The molecule has 0 bridgehead atoms. The van der Waals surface area contributed by atoms with Crippen LogP contribution in [0.2, 0.25) is 0 Å². The van der Waals surface area contributed by atoms with E-state index >= 15 is 0 Å². The average molecular weight is 576 g/mol. The molecule has 0 aromatic heterocycles. The maximum atomic E-state index is 12.6. The Morgan fingerprint density at radius 3 is 1.92 bits per heavy atom. The van der Waals surface area contributed by atoms with Gasteiger partial charge in [-0.1, -0.05) is 17.7 Å². The molecule has 3 N–H and O–H groups in total. The van der Waals surface area contributed by atoms with Crippen molar-refractivity contribution in [3.05, 3.63) is 29.8 Å². The summed E-state index contributed by atoms with van der Waals surface area (Å²) in [5.74, 6) is -3.06. The summed E-state index contributed by atoms with van der Waals surface area (Å²) in [6, 6.07) is 6.02. The molecule has 2 rings (SSSR count). The summed E-state index contributed by atoms with van der Waals surface area (Å²) in [4.78, 5) is 49.0. The number of esters is 4. The van der Waals surface area contributed by atoms with Gasteiger partial charge in [0.25, 0.3) is 10.0 Å². The second-order valence-electron chi connectivity index (χ2n) is 8.14. The maximum Gasteiger partial charge on any atom is 0.303 e. The van der Waals surface area contributed by atoms with Gasteiger partial charge in [0.2, 0.25) is 0 Å². The smallest absolute Gasteiger partial charge is 0.303 e. The highest BCUT2D eigenvalue weighted by atomic mass is 32.2. The standard InChI is InChI=1S/C22H29N3O11S2/c1-11-6-8-16(9-7-11)38(30,31)25-24-22(37)23-21-20(35-15(5)29)19(34-14(4)28)18(33-13(3)27)17(36-21)10-32-12(2)26/h6-9,17-21,25H,10H2,1-5H3,(H2,23,24,37)/t17-,18-,19+,20-,21-/m1/s1. The highest BCUT2D eigenvalue weighted by Crippen LogP contribution is 2.28. The van der Waals surface area contributed by atoms with E-state index in [1.54, 1.807) is 19.1 Å². The van der Waals surface area contributed by atoms with E-state index in [1.165, 1.54) is 12.1 Å². The first-order chi connectivity index (χ1) is 17.7. The zero-order valence-electron chi connectivity index (χ0n) is 21.2. The van der Waals surface area contributed by atoms with Crippen molar-refractivity contribution in [1.82, 2.24) is 15.6 Å². The third-order valence-electron chi connectivity index (χ3n) is 4.89. The average Bonchev–Trinajstić information content (AvgIpc) is 2.80. The van der Waals surface area contributed by atoms with Crippen molar-refractivity contribution in [3.8, 4) is 0 Å². The van der Waals surface area contributed by atoms with Gasteiger partial charge in [-0.05, 0) is 31.3 Å². The molecule has 0 aliphatic carbocycles. The molecule has 1 aliphatic heterocycles. The monoisotopic (exact) mass is 575 g/mol. The minimum Gasteiger partial charge on any atom is -0.463 e. The van der Waals surface area contributed by atoms with Gasteiger partial charge >= 0.3 is 23.9 Å². The lowest BCUT2D eigenvalue weighted by molar-refractivity contribution is -0.254. The van der Waals surface area contributed by atoms with E-state index in [0.717, 1.165) is 33.3 Å². The van der Waals surface area contributed by atoms with E-state index in [4.69, 9.17) is 35.9 Å². The predicted molar refractivity (Wildman–Crippen MR) is 132 cm³/mol. The first-order valence-corrected chi connectivity index (χ1v) is 13.0. The molecule has 0 radical (unpaired) electrons. The van der Waals surface area contributed by atoms with Crippen LogP contribution in [0.4, 0.5) is 0 Å². The van der Waals surface area contributed by atoms with Crippen LogP contribution < -0.4 is 15.6 Å². The zero-order chi connectivity index (χ0) is 28.6. The summed E-state index contributed by atoms with van der Waals surface area (Å²) in [6.45, 7) is 5.77. The van der Waals surface area contributed by atoms with E-state index in [2.05, 4.69) is 15.6 Å². The number of nitrogens with one attached hydrogen (secondary N) is 3. The number of hydrazine groups is 1. The quantitative estimate of drug-likeness (QED) is 0.151. The second kappa shape index (κ2) is 13.5. The van der Waals surface area contributed by atoms with E-state index in [9.17, 15) is 27.6 Å². The van der Waals surface area contributed by atoms with Crippen LogP contribution in [0.1, 0.15) is 33.3 Å². The molecule has 16 heteroatoms. The number of aryl methyl sites for hydroxylation is 1. The van der Waals surface area contributed by atoms with Gasteiger partial charge in [-0.3, -0.25) is 24.6 Å². The molecule has 1 aliphatic rings. The van der Waals surface area contributed by atoms with Crippen LogP contribution in [0, 0.1) is 6.92 Å². The van der Waals surface area contributed by atoms with Gasteiger partial charge in [-0.15, -0.1) is 4.83 Å². The Labute approximate surface area is 224 Å². The summed E-state index contributed by atoms with van der Waals surface area (Å²) in [5.41, 5.74) is 3.16. The third-order valence-corrected chi connectivity index (χ3v) is 6.38. The van der Waals surface area contributed by atoms with Crippen LogP contribution in [-0.2, 0) is 52.9 Å². The molecule has 1 heterocycles. The molecule has 210 valence electrons. The number of ether oxygens (including phenoxy) is 5. The Morgan fingerprint density at radius 1 is 0.868 bits per heavy atom. The van der Waals surface area contributed by atoms with Crippen LogP contribution in [-0.4, -0.2) is 74.7 Å². The SMILES string of the molecule is CC(=O)OC[C@H]1O[C@@H](NC(=S)NNS(=O)(=O)c2ccc(C)cc2)[C@H](OC(C)=O)[C@@H](OC(C)=O)[C@@H]1OC(C)=O. The summed E-state index contributed by atoms with van der Waals surface area (Å²) in [7, 11) is -4.02. The van der Waals surface area contributed by atoms with Gasteiger partial charge < -0.3 is 29.0 Å². The Hall–Kier alpha value is -3.34. The molecule has 0 amide bonds. The van der Waals surface area contributed by atoms with Crippen LogP contribution in [0.5, 0.6) is 0 Å². The van der Waals surface area contributed by atoms with Crippen molar-refractivity contribution < 1.29 is 51.3 Å². The highest BCUT2D eigenvalue weighted by Gasteiger charge is 2.52. The van der Waals surface area contributed by atoms with Crippen molar-refractivity contribution in [2.24, 2.45) is 0 Å². The number of carbonyl (C=O) groups is 4. The van der Waals surface area contributed by atoms with E-state index < -0.39 is 71.2 Å². The summed E-state index contributed by atoms with van der Waals surface area (Å²) < 4.78 is 51.8. The molecule has 0 saturated carbocycles. The van der Waals surface area contributed by atoms with Crippen LogP contribution in [0.25, 0.3) is 0 Å². The van der Waals surface area contributed by atoms with Gasteiger partial charge in [0.15, 0.2) is 29.7 Å². The predicted octanol–water partition coefficient (Wildman–Crippen LogP) is -0.264. The molecule has 1 aromatic rings. The van der Waals surface area contributed by atoms with Crippen LogP contribution in [0.3, 0.4) is 0 Å². The van der Waals surface area contributed by atoms with Crippen molar-refractivity contribution in [3.63, 3.8) is 0 Å². The fraction of sp³-hybridized carbons (Fsp3) is 0.500. The Kier molecular flexibility index (Phi) is 10.9. The summed E-state index contributed by atoms with van der Waals surface area (Å²) >= 11 is 5.16. The number of thiocarbonyl (C=S) groups is 1. The molecular weight excluding hydrogens is 546 g/mol. The molecule has 1 aromatic carbocycles. The molecule has 1 fully saturated rings. The Morgan fingerprint density at radius 2 is 1.39 bits per heavy atom. The number of benzene rings is 1. The topological polar surface area (TPSA) is 185 Å². The highest BCUT2D eigenvalue weighted by molar-refractivity contribution is 7.89. The van der Waals surface area contributed by atoms with E-state index in [0.29, 0.717) is 0 Å². The first kappa shape index (κ1) is 30.9. The van der Waals surface area contributed by atoms with Gasteiger partial charge in [0, 0.05) is 27.7 Å². The lowest BCUT2D eigenvalue weighted by Crippen LogP contribution is -2.67. The molecular formula is C22H29N3O11S2. The van der Waals surface area contributed by atoms with Crippen molar-refractivity contribution in [1.29, 1.82) is 0 Å². The number of carbonyl (C=O) groups excluding carboxylic acids is 4. The third kappa shape index (κ3) is 9.20. The molecule has 0 unspecified atom stereocenters.